The Kier molecular flexibility index (Phi) is 4.55. The highest BCUT2D eigenvalue weighted by molar-refractivity contribution is 6.32. The van der Waals surface area contributed by atoms with Gasteiger partial charge in [0, 0.05) is 43.7 Å². The molecule has 3 heterocycles. The van der Waals surface area contributed by atoms with Crippen LogP contribution >= 0.6 is 11.6 Å². The molecule has 24 heavy (non-hydrogen) atoms. The number of nitrogens with zero attached hydrogens (tertiary/aromatic N) is 3. The molecule has 1 saturated heterocycles. The molecule has 1 aliphatic heterocycles. The van der Waals surface area contributed by atoms with Crippen LogP contribution in [0, 0.1) is 0 Å². The molecule has 2 aromatic rings. The van der Waals surface area contributed by atoms with Crippen molar-refractivity contribution in [2.24, 2.45) is 7.05 Å². The number of hydrogen-bond donors (Lipinski definition) is 1. The van der Waals surface area contributed by atoms with Crippen molar-refractivity contribution in [2.45, 2.75) is 0 Å². The quantitative estimate of drug-likeness (QED) is 0.848. The zero-order valence-corrected chi connectivity index (χ0v) is 13.8. The molecule has 1 N–H and O–H groups in total. The molecule has 0 radical (unpaired) electrons. The number of ether oxygens (including phenoxy) is 1. The van der Waals surface area contributed by atoms with E-state index in [2.05, 4.69) is 4.98 Å². The standard InChI is InChI=1S/C16H16ClN3O4/c1-19-9-11(12-6-10(16(22)23)8-18-14(12)17)7-13(15(19)21)20-2-4-24-5-3-20/h6-9H,2-5H2,1H3,(H,22,23). The number of carboxylic acid groups (broad SMARTS) is 1. The molecule has 0 amide bonds. The third-order valence-corrected chi connectivity index (χ3v) is 4.21. The summed E-state index contributed by atoms with van der Waals surface area (Å²) in [7, 11) is 1.65. The first-order valence-corrected chi connectivity index (χ1v) is 7.78. The Hall–Kier alpha value is -2.38. The number of carbonyl (C=O) groups is 1. The summed E-state index contributed by atoms with van der Waals surface area (Å²) in [5.41, 5.74) is 1.56. The topological polar surface area (TPSA) is 84.7 Å². The fraction of sp³-hybridized carbons (Fsp3) is 0.312. The Labute approximate surface area is 143 Å². The third kappa shape index (κ3) is 3.13. The van der Waals surface area contributed by atoms with Crippen molar-refractivity contribution in [3.05, 3.63) is 45.6 Å². The van der Waals surface area contributed by atoms with Gasteiger partial charge >= 0.3 is 5.97 Å². The number of aryl methyl sites for hydroxylation is 1. The molecule has 0 bridgehead atoms. The van der Waals surface area contributed by atoms with Gasteiger partial charge in [0.05, 0.1) is 18.8 Å². The lowest BCUT2D eigenvalue weighted by molar-refractivity contribution is 0.0696. The van der Waals surface area contributed by atoms with Gasteiger partial charge in [0.15, 0.2) is 0 Å². The van der Waals surface area contributed by atoms with E-state index in [9.17, 15) is 9.59 Å². The molecule has 8 heteroatoms. The second-order valence-electron chi connectivity index (χ2n) is 5.50. The Morgan fingerprint density at radius 3 is 2.71 bits per heavy atom. The van der Waals surface area contributed by atoms with Crippen molar-refractivity contribution in [1.29, 1.82) is 0 Å². The normalized spacial score (nSPS) is 14.7. The van der Waals surface area contributed by atoms with Gasteiger partial charge in [0.2, 0.25) is 0 Å². The lowest BCUT2D eigenvalue weighted by Gasteiger charge is -2.28. The highest BCUT2D eigenvalue weighted by Gasteiger charge is 2.18. The summed E-state index contributed by atoms with van der Waals surface area (Å²) in [6.07, 6.45) is 2.83. The minimum absolute atomic E-state index is 0.0381. The number of aromatic carboxylic acids is 1. The maximum atomic E-state index is 12.4. The molecule has 0 atom stereocenters. The van der Waals surface area contributed by atoms with Crippen molar-refractivity contribution in [3.63, 3.8) is 0 Å². The average Bonchev–Trinajstić information content (AvgIpc) is 2.58. The van der Waals surface area contributed by atoms with Gasteiger partial charge in [-0.15, -0.1) is 0 Å². The van der Waals surface area contributed by atoms with Gasteiger partial charge in [0.1, 0.15) is 10.8 Å². The number of halogens is 1. The second-order valence-corrected chi connectivity index (χ2v) is 5.86. The van der Waals surface area contributed by atoms with E-state index in [1.165, 1.54) is 16.8 Å². The maximum Gasteiger partial charge on any atom is 0.337 e. The van der Waals surface area contributed by atoms with Crippen LogP contribution in [0.25, 0.3) is 11.1 Å². The number of aromatic nitrogens is 2. The number of hydrogen-bond acceptors (Lipinski definition) is 5. The fourth-order valence-electron chi connectivity index (χ4n) is 2.64. The highest BCUT2D eigenvalue weighted by Crippen LogP contribution is 2.28. The predicted octanol–water partition coefficient (Wildman–Crippen LogP) is 1.64. The van der Waals surface area contributed by atoms with Crippen LogP contribution < -0.4 is 10.5 Å². The zero-order chi connectivity index (χ0) is 17.3. The first-order valence-electron chi connectivity index (χ1n) is 7.40. The van der Waals surface area contributed by atoms with Crippen LogP contribution in [0.2, 0.25) is 5.15 Å². The van der Waals surface area contributed by atoms with Crippen LogP contribution in [0.1, 0.15) is 10.4 Å². The number of rotatable bonds is 3. The van der Waals surface area contributed by atoms with Gasteiger partial charge in [-0.25, -0.2) is 9.78 Å². The van der Waals surface area contributed by atoms with Gasteiger partial charge in [0.25, 0.3) is 5.56 Å². The molecular weight excluding hydrogens is 334 g/mol. The van der Waals surface area contributed by atoms with Crippen LogP contribution in [0.4, 0.5) is 5.69 Å². The van der Waals surface area contributed by atoms with Crippen LogP contribution in [-0.4, -0.2) is 46.9 Å². The summed E-state index contributed by atoms with van der Waals surface area (Å²) in [6, 6.07) is 3.18. The molecule has 1 aliphatic rings. The Balaban J connectivity index is 2.12. The van der Waals surface area contributed by atoms with Crippen LogP contribution in [-0.2, 0) is 11.8 Å². The van der Waals surface area contributed by atoms with E-state index in [-0.39, 0.29) is 16.3 Å². The Morgan fingerprint density at radius 1 is 1.33 bits per heavy atom. The maximum absolute atomic E-state index is 12.4. The van der Waals surface area contributed by atoms with Crippen LogP contribution in [0.15, 0.2) is 29.3 Å². The van der Waals surface area contributed by atoms with Crippen molar-refractivity contribution >= 4 is 23.3 Å². The molecule has 1 fully saturated rings. The van der Waals surface area contributed by atoms with Gasteiger partial charge in [-0.2, -0.15) is 0 Å². The van der Waals surface area contributed by atoms with E-state index >= 15 is 0 Å². The summed E-state index contributed by atoms with van der Waals surface area (Å²) in [5, 5.41) is 9.33. The summed E-state index contributed by atoms with van der Waals surface area (Å²) >= 11 is 6.14. The molecule has 0 saturated carbocycles. The van der Waals surface area contributed by atoms with E-state index in [1.807, 2.05) is 4.90 Å². The first kappa shape index (κ1) is 16.5. The highest BCUT2D eigenvalue weighted by atomic mass is 35.5. The Morgan fingerprint density at radius 2 is 2.04 bits per heavy atom. The number of anilines is 1. The van der Waals surface area contributed by atoms with Crippen LogP contribution in [0.5, 0.6) is 0 Å². The predicted molar refractivity (Wildman–Crippen MR) is 89.9 cm³/mol. The largest absolute Gasteiger partial charge is 0.478 e. The van der Waals surface area contributed by atoms with E-state index in [0.29, 0.717) is 43.1 Å². The molecule has 0 unspecified atom stereocenters. The minimum Gasteiger partial charge on any atom is -0.478 e. The summed E-state index contributed by atoms with van der Waals surface area (Å²) in [4.78, 5) is 29.5. The van der Waals surface area contributed by atoms with E-state index in [4.69, 9.17) is 21.4 Å². The molecule has 126 valence electrons. The Bertz CT molecular complexity index is 844. The van der Waals surface area contributed by atoms with Crippen molar-refractivity contribution in [2.75, 3.05) is 31.2 Å². The van der Waals surface area contributed by atoms with Gasteiger partial charge < -0.3 is 19.3 Å². The second kappa shape index (κ2) is 6.62. The lowest BCUT2D eigenvalue weighted by Crippen LogP contribution is -2.40. The summed E-state index contributed by atoms with van der Waals surface area (Å²) in [5.74, 6) is -1.08. The minimum atomic E-state index is -1.08. The van der Waals surface area contributed by atoms with Crippen molar-refractivity contribution in [3.8, 4) is 11.1 Å². The SMILES string of the molecule is Cn1cc(-c2cc(C(=O)O)cnc2Cl)cc(N2CCOCC2)c1=O. The fourth-order valence-corrected chi connectivity index (χ4v) is 2.85. The molecule has 0 spiro atoms. The van der Waals surface area contributed by atoms with Crippen LogP contribution in [0.3, 0.4) is 0 Å². The monoisotopic (exact) mass is 349 g/mol. The van der Waals surface area contributed by atoms with Crippen molar-refractivity contribution < 1.29 is 14.6 Å². The number of pyridine rings is 2. The van der Waals surface area contributed by atoms with E-state index < -0.39 is 5.97 Å². The van der Waals surface area contributed by atoms with E-state index in [0.717, 1.165) is 0 Å². The number of carboxylic acids is 1. The lowest BCUT2D eigenvalue weighted by atomic mass is 10.1. The van der Waals surface area contributed by atoms with E-state index in [1.54, 1.807) is 19.3 Å². The number of morpholine rings is 1. The molecule has 3 rings (SSSR count). The van der Waals surface area contributed by atoms with Gasteiger partial charge in [-0.3, -0.25) is 4.79 Å². The zero-order valence-electron chi connectivity index (χ0n) is 13.0. The molecule has 7 nitrogen and oxygen atoms in total. The third-order valence-electron chi connectivity index (χ3n) is 3.91. The molecule has 0 aromatic carbocycles. The smallest absolute Gasteiger partial charge is 0.337 e. The van der Waals surface area contributed by atoms with Crippen molar-refractivity contribution in [1.82, 2.24) is 9.55 Å². The molecular formula is C16H16ClN3O4. The molecule has 2 aromatic heterocycles. The first-order chi connectivity index (χ1) is 11.5. The molecule has 0 aliphatic carbocycles. The average molecular weight is 350 g/mol. The summed E-state index contributed by atoms with van der Waals surface area (Å²) in [6.45, 7) is 2.37. The van der Waals surface area contributed by atoms with Gasteiger partial charge in [-0.1, -0.05) is 11.6 Å². The summed E-state index contributed by atoms with van der Waals surface area (Å²) < 4.78 is 6.78. The van der Waals surface area contributed by atoms with Gasteiger partial charge in [-0.05, 0) is 12.1 Å².